The van der Waals surface area contributed by atoms with Gasteiger partial charge in [0.2, 0.25) is 0 Å². The molecule has 0 aromatic heterocycles. The highest BCUT2D eigenvalue weighted by atomic mass is 28.4. The van der Waals surface area contributed by atoms with Crippen LogP contribution in [0.25, 0.3) is 0 Å². The second-order valence-corrected chi connectivity index (χ2v) is 22.7. The molecule has 0 saturated heterocycles. The van der Waals surface area contributed by atoms with Crippen molar-refractivity contribution in [1.29, 1.82) is 0 Å². The number of hydrogen-bond acceptors (Lipinski definition) is 3. The van der Waals surface area contributed by atoms with Gasteiger partial charge in [-0.05, 0) is 106 Å². The Morgan fingerprint density at radius 3 is 2.13 bits per heavy atom. The molecule has 5 heteroatoms. The molecule has 4 aliphatic carbocycles. The van der Waals surface area contributed by atoms with Crippen LogP contribution in [0.1, 0.15) is 59.3 Å². The Morgan fingerprint density at radius 1 is 0.871 bits per heavy atom. The maximum atomic E-state index is 10.7. The normalized spacial score (nSPS) is 47.9. The molecule has 3 fully saturated rings. The summed E-state index contributed by atoms with van der Waals surface area (Å²) in [5, 5.41) is 10.7. The van der Waals surface area contributed by atoms with E-state index >= 15 is 0 Å². The van der Waals surface area contributed by atoms with Gasteiger partial charge in [-0.25, -0.2) is 0 Å². The number of rotatable bonds is 4. The Bertz CT molecular complexity index is 723. The fraction of sp³-hybridized carbons (Fsp3) is 0.923. The van der Waals surface area contributed by atoms with E-state index in [9.17, 15) is 5.11 Å². The molecule has 31 heavy (non-hydrogen) atoms. The number of fused-ring (bicyclic) bond motifs is 5. The van der Waals surface area contributed by atoms with Gasteiger partial charge in [-0.3, -0.25) is 0 Å². The van der Waals surface area contributed by atoms with Gasteiger partial charge in [0.25, 0.3) is 0 Å². The maximum Gasteiger partial charge on any atom is 0.184 e. The molecule has 4 aliphatic rings. The van der Waals surface area contributed by atoms with Gasteiger partial charge < -0.3 is 14.0 Å². The summed E-state index contributed by atoms with van der Waals surface area (Å²) in [5.74, 6) is 2.21. The Morgan fingerprint density at radius 2 is 1.52 bits per heavy atom. The highest BCUT2D eigenvalue weighted by Crippen LogP contribution is 2.66. The first-order valence-electron chi connectivity index (χ1n) is 12.9. The molecule has 3 nitrogen and oxygen atoms in total. The second kappa shape index (κ2) is 7.79. The maximum absolute atomic E-state index is 10.7. The average Bonchev–Trinajstić information content (AvgIpc) is 2.94. The molecule has 3 saturated carbocycles. The van der Waals surface area contributed by atoms with E-state index in [-0.39, 0.29) is 29.0 Å². The first-order chi connectivity index (χ1) is 14.2. The fourth-order valence-electron chi connectivity index (χ4n) is 8.09. The van der Waals surface area contributed by atoms with Gasteiger partial charge in [0.05, 0.1) is 18.3 Å². The average molecular weight is 465 g/mol. The summed E-state index contributed by atoms with van der Waals surface area (Å²) >= 11 is 0. The van der Waals surface area contributed by atoms with Crippen LogP contribution in [-0.4, -0.2) is 40.1 Å². The quantitative estimate of drug-likeness (QED) is 0.376. The largest absolute Gasteiger partial charge is 0.414 e. The Hall–Kier alpha value is 0.0538. The van der Waals surface area contributed by atoms with E-state index in [1.807, 2.05) is 0 Å². The molecule has 0 bridgehead atoms. The van der Waals surface area contributed by atoms with E-state index in [0.29, 0.717) is 23.9 Å². The number of aliphatic hydroxyl groups is 1. The highest BCUT2D eigenvalue weighted by Gasteiger charge is 2.62. The minimum atomic E-state index is -1.70. The first-order valence-corrected chi connectivity index (χ1v) is 19.7. The Kier molecular flexibility index (Phi) is 6.08. The van der Waals surface area contributed by atoms with E-state index in [2.05, 4.69) is 66.1 Å². The van der Waals surface area contributed by atoms with E-state index in [1.165, 1.54) is 31.3 Å². The van der Waals surface area contributed by atoms with Crippen molar-refractivity contribution in [2.24, 2.45) is 34.5 Å². The first kappa shape index (κ1) is 24.2. The second-order valence-electron chi connectivity index (χ2n) is 13.8. The summed E-state index contributed by atoms with van der Waals surface area (Å²) in [7, 11) is -3.26. The van der Waals surface area contributed by atoms with Gasteiger partial charge in [-0.15, -0.1) is 0 Å². The molecule has 0 spiro atoms. The fourth-order valence-corrected chi connectivity index (χ4v) is 10.4. The van der Waals surface area contributed by atoms with Gasteiger partial charge in [0, 0.05) is 5.92 Å². The minimum Gasteiger partial charge on any atom is -0.414 e. The number of hydrogen-bond donors (Lipinski definition) is 1. The number of aliphatic hydroxyl groups excluding tert-OH is 1. The molecule has 0 aromatic carbocycles. The SMILES string of the molecule is CC1C2=CC(O[Si](C)(C)C)[C@@H]3[C@@H](CC[C@]4(C)C(O[Si](C)(C)C)CC[C@@H]34)[C@@]2(C)CCC1O. The minimum absolute atomic E-state index is 0.196. The molecular formula is C26H48O3Si2. The zero-order valence-electron chi connectivity index (χ0n) is 21.6. The van der Waals surface area contributed by atoms with Crippen LogP contribution in [0.3, 0.4) is 0 Å². The lowest BCUT2D eigenvalue weighted by atomic mass is 9.46. The van der Waals surface area contributed by atoms with Crippen molar-refractivity contribution in [3.8, 4) is 0 Å². The summed E-state index contributed by atoms with van der Waals surface area (Å²) in [6, 6.07) is 0. The lowest BCUT2D eigenvalue weighted by Gasteiger charge is -2.61. The van der Waals surface area contributed by atoms with Gasteiger partial charge in [0.1, 0.15) is 0 Å². The topological polar surface area (TPSA) is 38.7 Å². The summed E-state index contributed by atoms with van der Waals surface area (Å²) in [4.78, 5) is 0. The zero-order chi connectivity index (χ0) is 23.0. The monoisotopic (exact) mass is 464 g/mol. The summed E-state index contributed by atoms with van der Waals surface area (Å²) < 4.78 is 13.8. The summed E-state index contributed by atoms with van der Waals surface area (Å²) in [6.07, 6.45) is 10.1. The van der Waals surface area contributed by atoms with Crippen molar-refractivity contribution in [3.05, 3.63) is 11.6 Å². The molecular weight excluding hydrogens is 416 g/mol. The summed E-state index contributed by atoms with van der Waals surface area (Å²) in [6.45, 7) is 21.4. The third-order valence-corrected chi connectivity index (χ3v) is 11.4. The molecule has 0 aromatic rings. The lowest BCUT2D eigenvalue weighted by Crippen LogP contribution is -2.58. The third-order valence-electron chi connectivity index (χ3n) is 9.46. The molecule has 4 rings (SSSR count). The Balaban J connectivity index is 1.74. The molecule has 4 unspecified atom stereocenters. The van der Waals surface area contributed by atoms with Crippen LogP contribution in [0.2, 0.25) is 39.3 Å². The van der Waals surface area contributed by atoms with Crippen molar-refractivity contribution in [1.82, 2.24) is 0 Å². The van der Waals surface area contributed by atoms with Crippen LogP contribution in [0.15, 0.2) is 11.6 Å². The van der Waals surface area contributed by atoms with Crippen molar-refractivity contribution in [2.45, 2.75) is 117 Å². The standard InChI is InChI=1S/C26H48O3Si2/c1-17-20-16-22(28-30(4,5)6)24-18-10-11-23(29-31(7,8)9)26(18,3)14-12-19(24)25(20,2)15-13-21(17)27/h16-19,21-24,27H,10-15H2,1-9H3/t17?,18-,19+,21?,22?,23?,24-,25+,26-/m0/s1. The predicted molar refractivity (Wildman–Crippen MR) is 134 cm³/mol. The van der Waals surface area contributed by atoms with Crippen molar-refractivity contribution < 1.29 is 14.0 Å². The van der Waals surface area contributed by atoms with E-state index in [1.54, 1.807) is 0 Å². The van der Waals surface area contributed by atoms with Gasteiger partial charge in [-0.1, -0.05) is 32.4 Å². The lowest BCUT2D eigenvalue weighted by molar-refractivity contribution is -0.103. The van der Waals surface area contributed by atoms with Crippen LogP contribution in [0.4, 0.5) is 0 Å². The molecule has 0 aliphatic heterocycles. The van der Waals surface area contributed by atoms with Crippen LogP contribution in [-0.2, 0) is 8.85 Å². The van der Waals surface area contributed by atoms with E-state index in [4.69, 9.17) is 8.85 Å². The highest BCUT2D eigenvalue weighted by molar-refractivity contribution is 6.70. The summed E-state index contributed by atoms with van der Waals surface area (Å²) in [5.41, 5.74) is 2.01. The van der Waals surface area contributed by atoms with E-state index in [0.717, 1.165) is 12.8 Å². The molecule has 178 valence electrons. The van der Waals surface area contributed by atoms with Crippen molar-refractivity contribution in [2.75, 3.05) is 0 Å². The predicted octanol–water partition coefficient (Wildman–Crippen LogP) is 6.61. The van der Waals surface area contributed by atoms with Crippen LogP contribution in [0.5, 0.6) is 0 Å². The van der Waals surface area contributed by atoms with Gasteiger partial charge in [0.15, 0.2) is 16.6 Å². The van der Waals surface area contributed by atoms with E-state index < -0.39 is 16.6 Å². The van der Waals surface area contributed by atoms with Gasteiger partial charge >= 0.3 is 0 Å². The van der Waals surface area contributed by atoms with Crippen LogP contribution >= 0.6 is 0 Å². The smallest absolute Gasteiger partial charge is 0.184 e. The molecule has 9 atom stereocenters. The van der Waals surface area contributed by atoms with Crippen molar-refractivity contribution >= 4 is 16.6 Å². The third kappa shape index (κ3) is 4.20. The molecule has 1 N–H and O–H groups in total. The molecule has 0 amide bonds. The van der Waals surface area contributed by atoms with Crippen LogP contribution in [0, 0.1) is 34.5 Å². The molecule has 0 radical (unpaired) electrons. The van der Waals surface area contributed by atoms with Crippen molar-refractivity contribution in [3.63, 3.8) is 0 Å². The molecule has 0 heterocycles. The van der Waals surface area contributed by atoms with Crippen LogP contribution < -0.4 is 0 Å². The Labute approximate surface area is 193 Å². The zero-order valence-corrected chi connectivity index (χ0v) is 23.6. The van der Waals surface area contributed by atoms with Gasteiger partial charge in [-0.2, -0.15) is 0 Å².